The Morgan fingerprint density at radius 3 is 2.52 bits per heavy atom. The molecular formula is C22H23F3N4O4. The fraction of sp³-hybridized carbons (Fsp3) is 0.409. The van der Waals surface area contributed by atoms with Crippen LogP contribution in [0, 0.1) is 0 Å². The summed E-state index contributed by atoms with van der Waals surface area (Å²) in [6.45, 7) is 4.07. The first-order valence-corrected chi connectivity index (χ1v) is 10.6. The van der Waals surface area contributed by atoms with Crippen LogP contribution in [0.2, 0.25) is 0 Å². The summed E-state index contributed by atoms with van der Waals surface area (Å²) in [5, 5.41) is 8.17. The summed E-state index contributed by atoms with van der Waals surface area (Å²) < 4.78 is 37.7. The first kappa shape index (κ1) is 22.8. The number of carbonyl (C=O) groups is 2. The molecule has 11 heteroatoms. The largest absolute Gasteiger partial charge is 0.490 e. The van der Waals surface area contributed by atoms with Crippen molar-refractivity contribution in [1.29, 1.82) is 0 Å². The standard InChI is InChI=1S/C20H22N4O2.C2HF3O2/c25-20(15-4-5-16-14(10-15)6-7-21-16)24-11-17-18(12-24)26-19(22-17)13-23-8-2-1-3-9-23;3-2(4,5)1(6)7/h4-7,10,21H,1-3,8-9,11-13H2;(H,6,7). The molecule has 1 amide bonds. The van der Waals surface area contributed by atoms with E-state index in [0.717, 1.165) is 47.9 Å². The summed E-state index contributed by atoms with van der Waals surface area (Å²) >= 11 is 0. The van der Waals surface area contributed by atoms with Gasteiger partial charge in [0, 0.05) is 22.7 Å². The molecule has 8 nitrogen and oxygen atoms in total. The number of benzene rings is 1. The maximum absolute atomic E-state index is 12.8. The number of likely N-dealkylation sites (tertiary alicyclic amines) is 1. The van der Waals surface area contributed by atoms with E-state index in [1.165, 1.54) is 19.3 Å². The fourth-order valence-electron chi connectivity index (χ4n) is 3.98. The monoisotopic (exact) mass is 464 g/mol. The quantitative estimate of drug-likeness (QED) is 0.609. The molecule has 2 N–H and O–H groups in total. The van der Waals surface area contributed by atoms with Crippen LogP contribution in [0.5, 0.6) is 0 Å². The highest BCUT2D eigenvalue weighted by atomic mass is 19.4. The molecule has 5 rings (SSSR count). The minimum atomic E-state index is -5.08. The Morgan fingerprint density at radius 2 is 1.85 bits per heavy atom. The molecule has 33 heavy (non-hydrogen) atoms. The minimum Gasteiger partial charge on any atom is -0.475 e. The van der Waals surface area contributed by atoms with E-state index in [1.807, 2.05) is 30.5 Å². The third-order valence-corrected chi connectivity index (χ3v) is 5.64. The van der Waals surface area contributed by atoms with E-state index < -0.39 is 12.1 Å². The van der Waals surface area contributed by atoms with Gasteiger partial charge in [-0.25, -0.2) is 9.78 Å². The summed E-state index contributed by atoms with van der Waals surface area (Å²) in [4.78, 5) is 33.7. The number of carboxylic acid groups (broad SMARTS) is 1. The van der Waals surface area contributed by atoms with Gasteiger partial charge in [-0.1, -0.05) is 6.42 Å². The topological polar surface area (TPSA) is 103 Å². The molecule has 0 bridgehead atoms. The smallest absolute Gasteiger partial charge is 0.475 e. The molecule has 2 aromatic heterocycles. The minimum absolute atomic E-state index is 0.0267. The number of aliphatic carboxylic acids is 1. The number of H-pyrrole nitrogens is 1. The van der Waals surface area contributed by atoms with Crippen molar-refractivity contribution >= 4 is 22.8 Å². The Morgan fingerprint density at radius 1 is 1.12 bits per heavy atom. The molecule has 1 aromatic carbocycles. The highest BCUT2D eigenvalue weighted by molar-refractivity contribution is 5.98. The van der Waals surface area contributed by atoms with Crippen molar-refractivity contribution in [2.24, 2.45) is 0 Å². The van der Waals surface area contributed by atoms with Crippen LogP contribution in [0.3, 0.4) is 0 Å². The third kappa shape index (κ3) is 5.36. The second kappa shape index (κ2) is 9.26. The number of nitrogens with zero attached hydrogens (tertiary/aromatic N) is 3. The van der Waals surface area contributed by atoms with Crippen molar-refractivity contribution in [3.63, 3.8) is 0 Å². The second-order valence-corrected chi connectivity index (χ2v) is 8.06. The highest BCUT2D eigenvalue weighted by Gasteiger charge is 2.38. The van der Waals surface area contributed by atoms with Crippen LogP contribution in [-0.2, 0) is 24.4 Å². The van der Waals surface area contributed by atoms with Crippen LogP contribution in [0.15, 0.2) is 34.9 Å². The summed E-state index contributed by atoms with van der Waals surface area (Å²) in [5.41, 5.74) is 2.66. The molecule has 0 aliphatic carbocycles. The molecule has 2 aliphatic heterocycles. The number of fused-ring (bicyclic) bond motifs is 2. The molecule has 1 saturated heterocycles. The zero-order chi connectivity index (χ0) is 23.6. The number of hydrogen-bond acceptors (Lipinski definition) is 5. The molecule has 0 spiro atoms. The van der Waals surface area contributed by atoms with Crippen LogP contribution in [-0.4, -0.2) is 56.0 Å². The lowest BCUT2D eigenvalue weighted by molar-refractivity contribution is -0.192. The number of hydrogen-bond donors (Lipinski definition) is 2. The van der Waals surface area contributed by atoms with Crippen molar-refractivity contribution in [3.05, 3.63) is 53.4 Å². The average Bonchev–Trinajstić information content (AvgIpc) is 3.48. The molecule has 0 radical (unpaired) electrons. The van der Waals surface area contributed by atoms with E-state index >= 15 is 0 Å². The Hall–Kier alpha value is -3.34. The van der Waals surface area contributed by atoms with Crippen LogP contribution in [0.4, 0.5) is 13.2 Å². The van der Waals surface area contributed by atoms with E-state index in [-0.39, 0.29) is 5.91 Å². The molecule has 0 saturated carbocycles. The Bertz CT molecular complexity index is 1120. The van der Waals surface area contributed by atoms with Gasteiger partial charge in [-0.15, -0.1) is 0 Å². The number of aromatic amines is 1. The number of oxazole rings is 1. The molecule has 4 heterocycles. The maximum atomic E-state index is 12.8. The van der Waals surface area contributed by atoms with Gasteiger partial charge in [-0.3, -0.25) is 9.69 Å². The first-order valence-electron chi connectivity index (χ1n) is 10.6. The Kier molecular flexibility index (Phi) is 6.41. The summed E-state index contributed by atoms with van der Waals surface area (Å²) in [5.74, 6) is -1.10. The number of alkyl halides is 3. The zero-order valence-electron chi connectivity index (χ0n) is 17.7. The van der Waals surface area contributed by atoms with Gasteiger partial charge in [0.1, 0.15) is 11.5 Å². The second-order valence-electron chi connectivity index (χ2n) is 8.06. The number of aromatic nitrogens is 2. The normalized spacial score (nSPS) is 16.4. The van der Waals surface area contributed by atoms with Crippen LogP contribution in [0.1, 0.15) is 47.0 Å². The SMILES string of the molecule is O=C(O)C(F)(F)F.O=C(c1ccc2[nH]ccc2c1)N1Cc2nc(CN3CCCCC3)oc2C1. The van der Waals surface area contributed by atoms with Gasteiger partial charge < -0.3 is 19.4 Å². The van der Waals surface area contributed by atoms with Gasteiger partial charge in [-0.05, 0) is 50.2 Å². The lowest BCUT2D eigenvalue weighted by Gasteiger charge is -2.24. The van der Waals surface area contributed by atoms with Crippen molar-refractivity contribution in [2.75, 3.05) is 13.1 Å². The number of nitrogens with one attached hydrogen (secondary N) is 1. The summed E-state index contributed by atoms with van der Waals surface area (Å²) in [6, 6.07) is 7.74. The molecule has 176 valence electrons. The van der Waals surface area contributed by atoms with E-state index in [4.69, 9.17) is 14.3 Å². The van der Waals surface area contributed by atoms with Gasteiger partial charge >= 0.3 is 12.1 Å². The van der Waals surface area contributed by atoms with E-state index in [1.54, 1.807) is 4.90 Å². The molecule has 0 atom stereocenters. The van der Waals surface area contributed by atoms with Gasteiger partial charge in [0.2, 0.25) is 5.89 Å². The van der Waals surface area contributed by atoms with Gasteiger partial charge in [0.15, 0.2) is 0 Å². The van der Waals surface area contributed by atoms with Crippen LogP contribution >= 0.6 is 0 Å². The summed E-state index contributed by atoms with van der Waals surface area (Å²) in [6.07, 6.45) is 0.643. The molecule has 0 unspecified atom stereocenters. The molecule has 1 fully saturated rings. The highest BCUT2D eigenvalue weighted by Crippen LogP contribution is 2.27. The Labute approximate surface area is 187 Å². The number of rotatable bonds is 3. The third-order valence-electron chi connectivity index (χ3n) is 5.64. The number of piperidine rings is 1. The molecule has 2 aliphatic rings. The van der Waals surface area contributed by atoms with Gasteiger partial charge in [-0.2, -0.15) is 13.2 Å². The lowest BCUT2D eigenvalue weighted by atomic mass is 10.1. The fourth-order valence-corrected chi connectivity index (χ4v) is 3.98. The molecule has 3 aromatic rings. The summed E-state index contributed by atoms with van der Waals surface area (Å²) in [7, 11) is 0. The number of amides is 1. The van der Waals surface area contributed by atoms with Crippen molar-refractivity contribution in [1.82, 2.24) is 19.8 Å². The van der Waals surface area contributed by atoms with Gasteiger partial charge in [0.05, 0.1) is 19.6 Å². The van der Waals surface area contributed by atoms with Crippen LogP contribution in [0.25, 0.3) is 10.9 Å². The average molecular weight is 464 g/mol. The number of carbonyl (C=O) groups excluding carboxylic acids is 1. The van der Waals surface area contributed by atoms with E-state index in [9.17, 15) is 18.0 Å². The maximum Gasteiger partial charge on any atom is 0.490 e. The number of carboxylic acids is 1. The number of halogens is 3. The van der Waals surface area contributed by atoms with Crippen molar-refractivity contribution in [2.45, 2.75) is 45.1 Å². The predicted molar refractivity (Wildman–Crippen MR) is 111 cm³/mol. The lowest BCUT2D eigenvalue weighted by Crippen LogP contribution is -2.29. The molecular weight excluding hydrogens is 441 g/mol. The van der Waals surface area contributed by atoms with Crippen LogP contribution < -0.4 is 0 Å². The zero-order valence-corrected chi connectivity index (χ0v) is 17.7. The predicted octanol–water partition coefficient (Wildman–Crippen LogP) is 3.93. The van der Waals surface area contributed by atoms with Crippen molar-refractivity contribution in [3.8, 4) is 0 Å². The van der Waals surface area contributed by atoms with Gasteiger partial charge in [0.25, 0.3) is 5.91 Å². The Balaban J connectivity index is 0.000000325. The van der Waals surface area contributed by atoms with Crippen molar-refractivity contribution < 1.29 is 32.3 Å². The first-order chi connectivity index (χ1) is 15.7. The van der Waals surface area contributed by atoms with E-state index in [0.29, 0.717) is 18.7 Å². The van der Waals surface area contributed by atoms with E-state index in [2.05, 4.69) is 14.9 Å².